The third kappa shape index (κ3) is 5.25. The highest BCUT2D eigenvalue weighted by molar-refractivity contribution is 5.91. The fourth-order valence-electron chi connectivity index (χ4n) is 5.41. The second-order valence-corrected chi connectivity index (χ2v) is 9.86. The number of rotatable bonds is 6. The van der Waals surface area contributed by atoms with Crippen LogP contribution in [-0.4, -0.2) is 78.1 Å². The topological polar surface area (TPSA) is 79.1 Å². The Kier molecular flexibility index (Phi) is 7.28. The van der Waals surface area contributed by atoms with Crippen molar-refractivity contribution in [1.29, 1.82) is 0 Å². The molecule has 4 heterocycles. The summed E-state index contributed by atoms with van der Waals surface area (Å²) < 4.78 is 10.8. The number of carbonyl (C=O) groups excluding carboxylic acids is 2. The predicted octanol–water partition coefficient (Wildman–Crippen LogP) is 4.22. The van der Waals surface area contributed by atoms with E-state index < -0.39 is 0 Å². The van der Waals surface area contributed by atoms with Gasteiger partial charge < -0.3 is 19.0 Å². The zero-order valence-electron chi connectivity index (χ0n) is 21.7. The van der Waals surface area contributed by atoms with Gasteiger partial charge in [-0.15, -0.1) is 0 Å². The molecule has 194 valence electrons. The van der Waals surface area contributed by atoms with E-state index in [1.807, 2.05) is 17.0 Å². The fourth-order valence-corrected chi connectivity index (χ4v) is 5.41. The quantitative estimate of drug-likeness (QED) is 0.467. The van der Waals surface area contributed by atoms with Gasteiger partial charge in [0.05, 0.1) is 25.0 Å². The third-order valence-corrected chi connectivity index (χ3v) is 7.39. The van der Waals surface area contributed by atoms with Gasteiger partial charge in [-0.05, 0) is 51.0 Å². The van der Waals surface area contributed by atoms with Crippen LogP contribution >= 0.6 is 0 Å². The maximum Gasteiger partial charge on any atom is 0.339 e. The Morgan fingerprint density at radius 1 is 1.11 bits per heavy atom. The molecule has 0 spiro atoms. The van der Waals surface area contributed by atoms with Gasteiger partial charge in [-0.2, -0.15) is 0 Å². The first-order chi connectivity index (χ1) is 17.9. The number of pyridine rings is 1. The summed E-state index contributed by atoms with van der Waals surface area (Å²) in [5.41, 5.74) is 3.73. The van der Waals surface area contributed by atoms with Gasteiger partial charge in [-0.25, -0.2) is 9.78 Å². The van der Waals surface area contributed by atoms with Crippen LogP contribution < -0.4 is 4.90 Å². The number of furan rings is 1. The minimum atomic E-state index is -0.357. The molecule has 8 nitrogen and oxygen atoms in total. The SMILES string of the molecule is CCOC(=O)c1ccc(N2C[C@@H](C)N(CC(=O)N3CC=C(c4cccc5ccoc45)CC3)[C@@H](C)C2)nc1. The average Bonchev–Trinajstić information content (AvgIpc) is 3.40. The van der Waals surface area contributed by atoms with E-state index in [0.29, 0.717) is 31.8 Å². The molecule has 0 aliphatic carbocycles. The molecule has 2 aliphatic heterocycles. The Bertz CT molecular complexity index is 1290. The molecule has 37 heavy (non-hydrogen) atoms. The van der Waals surface area contributed by atoms with Gasteiger partial charge in [0.15, 0.2) is 0 Å². The number of hydrogen-bond donors (Lipinski definition) is 0. The van der Waals surface area contributed by atoms with Crippen LogP contribution in [0.25, 0.3) is 16.5 Å². The molecule has 5 rings (SSSR count). The van der Waals surface area contributed by atoms with Gasteiger partial charge >= 0.3 is 5.97 Å². The van der Waals surface area contributed by atoms with E-state index in [1.165, 1.54) is 5.57 Å². The third-order valence-electron chi connectivity index (χ3n) is 7.39. The first kappa shape index (κ1) is 25.0. The summed E-state index contributed by atoms with van der Waals surface area (Å²) in [5.74, 6) is 0.637. The number of fused-ring (bicyclic) bond motifs is 1. The minimum absolute atomic E-state index is 0.163. The second-order valence-electron chi connectivity index (χ2n) is 9.86. The van der Waals surface area contributed by atoms with E-state index in [2.05, 4.69) is 52.9 Å². The van der Waals surface area contributed by atoms with E-state index in [0.717, 1.165) is 41.9 Å². The molecule has 0 saturated carbocycles. The maximum absolute atomic E-state index is 13.2. The number of ether oxygens (including phenoxy) is 1. The van der Waals surface area contributed by atoms with Crippen molar-refractivity contribution in [3.05, 3.63) is 66.1 Å². The van der Waals surface area contributed by atoms with E-state index in [1.54, 1.807) is 25.5 Å². The van der Waals surface area contributed by atoms with Crippen molar-refractivity contribution in [2.24, 2.45) is 0 Å². The maximum atomic E-state index is 13.2. The average molecular weight is 503 g/mol. The summed E-state index contributed by atoms with van der Waals surface area (Å²) in [6.07, 6.45) is 6.28. The summed E-state index contributed by atoms with van der Waals surface area (Å²) in [7, 11) is 0. The molecule has 1 saturated heterocycles. The van der Waals surface area contributed by atoms with Gasteiger partial charge in [0, 0.05) is 55.4 Å². The molecule has 0 bridgehead atoms. The molecule has 0 radical (unpaired) electrons. The number of amides is 1. The van der Waals surface area contributed by atoms with Gasteiger partial charge in [0.2, 0.25) is 5.91 Å². The van der Waals surface area contributed by atoms with Crippen molar-refractivity contribution in [3.63, 3.8) is 0 Å². The second kappa shape index (κ2) is 10.8. The highest BCUT2D eigenvalue weighted by atomic mass is 16.5. The minimum Gasteiger partial charge on any atom is -0.464 e. The van der Waals surface area contributed by atoms with Crippen molar-refractivity contribution in [2.45, 2.75) is 39.3 Å². The van der Waals surface area contributed by atoms with Crippen LogP contribution in [0, 0.1) is 0 Å². The monoisotopic (exact) mass is 502 g/mol. The lowest BCUT2D eigenvalue weighted by Gasteiger charge is -2.45. The number of aromatic nitrogens is 1. The predicted molar refractivity (Wildman–Crippen MR) is 143 cm³/mol. The van der Waals surface area contributed by atoms with Crippen molar-refractivity contribution < 1.29 is 18.7 Å². The van der Waals surface area contributed by atoms with Crippen LogP contribution in [0.3, 0.4) is 0 Å². The molecule has 0 N–H and O–H groups in total. The van der Waals surface area contributed by atoms with E-state index >= 15 is 0 Å². The Morgan fingerprint density at radius 3 is 2.59 bits per heavy atom. The van der Waals surface area contributed by atoms with Crippen molar-refractivity contribution in [3.8, 4) is 0 Å². The number of carbonyl (C=O) groups is 2. The lowest BCUT2D eigenvalue weighted by Crippen LogP contribution is -2.59. The Labute approximate surface area is 217 Å². The van der Waals surface area contributed by atoms with Crippen LogP contribution in [0.5, 0.6) is 0 Å². The molecular weight excluding hydrogens is 468 g/mol. The largest absolute Gasteiger partial charge is 0.464 e. The van der Waals surface area contributed by atoms with Crippen molar-refractivity contribution in [2.75, 3.05) is 44.2 Å². The van der Waals surface area contributed by atoms with Crippen LogP contribution in [0.15, 0.2) is 59.4 Å². The Hall–Kier alpha value is -3.65. The highest BCUT2D eigenvalue weighted by Gasteiger charge is 2.33. The molecule has 1 aromatic carbocycles. The summed E-state index contributed by atoms with van der Waals surface area (Å²) in [6, 6.07) is 12.2. The molecule has 2 aromatic heterocycles. The number of benzene rings is 1. The summed E-state index contributed by atoms with van der Waals surface area (Å²) >= 11 is 0. The van der Waals surface area contributed by atoms with Crippen LogP contribution in [-0.2, 0) is 9.53 Å². The Balaban J connectivity index is 1.18. The zero-order valence-corrected chi connectivity index (χ0v) is 21.7. The number of para-hydroxylation sites is 1. The number of nitrogens with zero attached hydrogens (tertiary/aromatic N) is 4. The van der Waals surface area contributed by atoms with Crippen LogP contribution in [0.2, 0.25) is 0 Å². The number of hydrogen-bond acceptors (Lipinski definition) is 7. The first-order valence-electron chi connectivity index (χ1n) is 13.0. The molecule has 2 aliphatic rings. The highest BCUT2D eigenvalue weighted by Crippen LogP contribution is 2.30. The smallest absolute Gasteiger partial charge is 0.339 e. The van der Waals surface area contributed by atoms with E-state index in [4.69, 9.17) is 9.15 Å². The molecular formula is C29H34N4O4. The lowest BCUT2D eigenvalue weighted by molar-refractivity contribution is -0.133. The van der Waals surface area contributed by atoms with Gasteiger partial charge in [-0.3, -0.25) is 9.69 Å². The molecule has 2 atom stereocenters. The van der Waals surface area contributed by atoms with E-state index in [-0.39, 0.29) is 24.0 Å². The Morgan fingerprint density at radius 2 is 1.92 bits per heavy atom. The molecule has 1 amide bonds. The van der Waals surface area contributed by atoms with Gasteiger partial charge in [0.1, 0.15) is 11.4 Å². The fraction of sp³-hybridized carbons (Fsp3) is 0.414. The number of esters is 1. The number of piperazine rings is 1. The van der Waals surface area contributed by atoms with Gasteiger partial charge in [0.25, 0.3) is 0 Å². The zero-order chi connectivity index (χ0) is 25.9. The summed E-state index contributed by atoms with van der Waals surface area (Å²) in [4.78, 5) is 36.1. The van der Waals surface area contributed by atoms with Crippen molar-refractivity contribution in [1.82, 2.24) is 14.8 Å². The number of anilines is 1. The molecule has 0 unspecified atom stereocenters. The standard InChI is InChI=1S/C29H34N4O4/c1-4-36-29(35)24-8-9-26(30-16-24)32-17-20(2)33(21(3)18-32)19-27(34)31-13-10-22(11-14-31)25-7-5-6-23-12-15-37-28(23)25/h5-10,12,15-16,20-21H,4,11,13-14,17-19H2,1-3H3/t20-,21+. The van der Waals surface area contributed by atoms with Crippen molar-refractivity contribution >= 4 is 34.2 Å². The molecule has 3 aromatic rings. The normalized spacial score (nSPS) is 20.7. The van der Waals surface area contributed by atoms with Crippen LogP contribution in [0.4, 0.5) is 5.82 Å². The van der Waals surface area contributed by atoms with Gasteiger partial charge in [-0.1, -0.05) is 24.3 Å². The van der Waals surface area contributed by atoms with Crippen LogP contribution in [0.1, 0.15) is 43.1 Å². The first-order valence-corrected chi connectivity index (χ1v) is 13.0. The van der Waals surface area contributed by atoms with E-state index in [9.17, 15) is 9.59 Å². The molecule has 1 fully saturated rings. The summed E-state index contributed by atoms with van der Waals surface area (Å²) in [6.45, 7) is 9.69. The molecule has 8 heteroatoms. The lowest BCUT2D eigenvalue weighted by atomic mass is 9.98. The summed E-state index contributed by atoms with van der Waals surface area (Å²) in [5, 5.41) is 1.10.